The van der Waals surface area contributed by atoms with Gasteiger partial charge in [-0.1, -0.05) is 18.2 Å². The first-order valence-corrected chi connectivity index (χ1v) is 5.39. The highest BCUT2D eigenvalue weighted by Crippen LogP contribution is 2.12. The molecule has 4 N–H and O–H groups in total. The van der Waals surface area contributed by atoms with Crippen molar-refractivity contribution in [3.8, 4) is 0 Å². The molecule has 0 fully saturated rings. The standard InChI is InChI=1S/C13H12N2O3/c14-5-1-2-8-3-4-11-9(6-8)12(16)10(7-15-11)13(17)18/h1-4,6-7H,5,14H2,(H,15,16)(H,17,18). The van der Waals surface area contributed by atoms with E-state index in [1.54, 1.807) is 24.3 Å². The quantitative estimate of drug-likeness (QED) is 0.755. The summed E-state index contributed by atoms with van der Waals surface area (Å²) in [5.41, 5.74) is 6.01. The molecule has 0 atom stereocenters. The molecule has 2 rings (SSSR count). The zero-order valence-electron chi connectivity index (χ0n) is 9.51. The van der Waals surface area contributed by atoms with Crippen LogP contribution in [0.4, 0.5) is 0 Å². The molecule has 1 heterocycles. The number of hydrogen-bond acceptors (Lipinski definition) is 3. The Hall–Kier alpha value is -2.40. The van der Waals surface area contributed by atoms with Gasteiger partial charge in [-0.25, -0.2) is 4.79 Å². The molecule has 0 aliphatic rings. The van der Waals surface area contributed by atoms with Crippen molar-refractivity contribution in [2.45, 2.75) is 0 Å². The Morgan fingerprint density at radius 2 is 2.22 bits per heavy atom. The van der Waals surface area contributed by atoms with Gasteiger partial charge >= 0.3 is 5.97 Å². The number of fused-ring (bicyclic) bond motifs is 1. The van der Waals surface area contributed by atoms with E-state index in [0.717, 1.165) is 5.56 Å². The lowest BCUT2D eigenvalue weighted by Gasteiger charge is -2.01. The van der Waals surface area contributed by atoms with Crippen molar-refractivity contribution >= 4 is 22.9 Å². The summed E-state index contributed by atoms with van der Waals surface area (Å²) in [6.45, 7) is 0.406. The summed E-state index contributed by atoms with van der Waals surface area (Å²) in [6.07, 6.45) is 4.76. The number of carboxylic acid groups (broad SMARTS) is 1. The molecular weight excluding hydrogens is 232 g/mol. The smallest absolute Gasteiger partial charge is 0.341 e. The second-order valence-electron chi connectivity index (χ2n) is 3.78. The summed E-state index contributed by atoms with van der Waals surface area (Å²) in [6, 6.07) is 5.20. The van der Waals surface area contributed by atoms with Gasteiger partial charge in [0.15, 0.2) is 0 Å². The van der Waals surface area contributed by atoms with Crippen LogP contribution in [0.2, 0.25) is 0 Å². The number of carboxylic acids is 1. The van der Waals surface area contributed by atoms with Crippen LogP contribution in [0.25, 0.3) is 17.0 Å². The normalized spacial score (nSPS) is 11.2. The Kier molecular flexibility index (Phi) is 3.25. The number of hydrogen-bond donors (Lipinski definition) is 3. The van der Waals surface area contributed by atoms with E-state index in [9.17, 15) is 9.59 Å². The van der Waals surface area contributed by atoms with Crippen LogP contribution < -0.4 is 11.2 Å². The molecule has 18 heavy (non-hydrogen) atoms. The molecule has 0 unspecified atom stereocenters. The second-order valence-corrected chi connectivity index (χ2v) is 3.78. The van der Waals surface area contributed by atoms with Crippen molar-refractivity contribution in [3.05, 3.63) is 51.8 Å². The largest absolute Gasteiger partial charge is 0.477 e. The molecule has 92 valence electrons. The van der Waals surface area contributed by atoms with Gasteiger partial charge in [-0.15, -0.1) is 0 Å². The minimum Gasteiger partial charge on any atom is -0.477 e. The zero-order valence-corrected chi connectivity index (χ0v) is 9.51. The average molecular weight is 244 g/mol. The number of H-pyrrole nitrogens is 1. The van der Waals surface area contributed by atoms with Gasteiger partial charge in [-0.2, -0.15) is 0 Å². The Bertz CT molecular complexity index is 686. The predicted octanol–water partition coefficient (Wildman–Crippen LogP) is 1.20. The predicted molar refractivity (Wildman–Crippen MR) is 69.6 cm³/mol. The molecule has 0 aliphatic heterocycles. The van der Waals surface area contributed by atoms with E-state index >= 15 is 0 Å². The summed E-state index contributed by atoms with van der Waals surface area (Å²) >= 11 is 0. The van der Waals surface area contributed by atoms with Crippen molar-refractivity contribution in [2.75, 3.05) is 6.54 Å². The van der Waals surface area contributed by atoms with Crippen LogP contribution in [-0.4, -0.2) is 22.6 Å². The van der Waals surface area contributed by atoms with E-state index in [1.807, 2.05) is 6.07 Å². The molecule has 0 aliphatic carbocycles. The third-order valence-electron chi connectivity index (χ3n) is 2.58. The molecule has 2 aromatic rings. The van der Waals surface area contributed by atoms with E-state index in [4.69, 9.17) is 10.8 Å². The van der Waals surface area contributed by atoms with Gasteiger partial charge in [-0.05, 0) is 17.7 Å². The maximum absolute atomic E-state index is 11.9. The fourth-order valence-electron chi connectivity index (χ4n) is 1.70. The number of carbonyl (C=O) groups is 1. The Balaban J connectivity index is 2.67. The minimum atomic E-state index is -1.24. The Morgan fingerprint density at radius 1 is 1.44 bits per heavy atom. The second kappa shape index (κ2) is 4.85. The van der Waals surface area contributed by atoms with Crippen LogP contribution in [0.1, 0.15) is 15.9 Å². The van der Waals surface area contributed by atoms with Crippen molar-refractivity contribution in [2.24, 2.45) is 5.73 Å². The van der Waals surface area contributed by atoms with Crippen LogP contribution in [0.5, 0.6) is 0 Å². The third-order valence-corrected chi connectivity index (χ3v) is 2.58. The van der Waals surface area contributed by atoms with Gasteiger partial charge in [0.05, 0.1) is 0 Å². The molecular formula is C13H12N2O3. The number of aromatic carboxylic acids is 1. The molecule has 0 spiro atoms. The zero-order chi connectivity index (χ0) is 13.1. The molecule has 0 saturated carbocycles. The molecule has 0 amide bonds. The van der Waals surface area contributed by atoms with E-state index < -0.39 is 11.4 Å². The number of pyridine rings is 1. The van der Waals surface area contributed by atoms with Gasteiger partial charge < -0.3 is 15.8 Å². The number of nitrogens with two attached hydrogens (primary N) is 1. The van der Waals surface area contributed by atoms with Crippen molar-refractivity contribution in [1.82, 2.24) is 4.98 Å². The van der Waals surface area contributed by atoms with E-state index in [-0.39, 0.29) is 5.56 Å². The first-order valence-electron chi connectivity index (χ1n) is 5.39. The Labute approximate surface area is 103 Å². The van der Waals surface area contributed by atoms with Crippen molar-refractivity contribution < 1.29 is 9.90 Å². The fraction of sp³-hybridized carbons (Fsp3) is 0.0769. The summed E-state index contributed by atoms with van der Waals surface area (Å²) in [5.74, 6) is -1.24. The molecule has 5 heteroatoms. The summed E-state index contributed by atoms with van der Waals surface area (Å²) < 4.78 is 0. The highest BCUT2D eigenvalue weighted by Gasteiger charge is 2.11. The van der Waals surface area contributed by atoms with Crippen LogP contribution in [-0.2, 0) is 0 Å². The Morgan fingerprint density at radius 3 is 2.89 bits per heavy atom. The van der Waals surface area contributed by atoms with E-state index in [2.05, 4.69) is 4.98 Å². The van der Waals surface area contributed by atoms with E-state index in [1.165, 1.54) is 6.20 Å². The van der Waals surface area contributed by atoms with Crippen LogP contribution in [0, 0.1) is 0 Å². The molecule has 0 saturated heterocycles. The van der Waals surface area contributed by atoms with Gasteiger partial charge in [0.2, 0.25) is 5.43 Å². The van der Waals surface area contributed by atoms with Crippen molar-refractivity contribution in [1.29, 1.82) is 0 Å². The highest BCUT2D eigenvalue weighted by molar-refractivity contribution is 5.92. The maximum Gasteiger partial charge on any atom is 0.341 e. The number of aromatic nitrogens is 1. The molecule has 1 aromatic carbocycles. The van der Waals surface area contributed by atoms with E-state index in [0.29, 0.717) is 17.4 Å². The lowest BCUT2D eigenvalue weighted by atomic mass is 10.1. The number of aromatic amines is 1. The molecule has 0 bridgehead atoms. The highest BCUT2D eigenvalue weighted by atomic mass is 16.4. The van der Waals surface area contributed by atoms with Gasteiger partial charge in [0.1, 0.15) is 5.56 Å². The maximum atomic E-state index is 11.9. The minimum absolute atomic E-state index is 0.262. The lowest BCUT2D eigenvalue weighted by molar-refractivity contribution is 0.0695. The summed E-state index contributed by atoms with van der Waals surface area (Å²) in [4.78, 5) is 25.6. The van der Waals surface area contributed by atoms with Crippen LogP contribution in [0.3, 0.4) is 0 Å². The molecule has 0 radical (unpaired) electrons. The summed E-state index contributed by atoms with van der Waals surface area (Å²) in [5, 5.41) is 9.24. The van der Waals surface area contributed by atoms with Gasteiger partial charge in [-0.3, -0.25) is 4.79 Å². The third kappa shape index (κ3) is 2.16. The number of benzene rings is 1. The lowest BCUT2D eigenvalue weighted by Crippen LogP contribution is -2.15. The average Bonchev–Trinajstić information content (AvgIpc) is 2.36. The molecule has 5 nitrogen and oxygen atoms in total. The number of rotatable bonds is 3. The number of nitrogens with one attached hydrogen (secondary N) is 1. The monoisotopic (exact) mass is 244 g/mol. The van der Waals surface area contributed by atoms with Crippen LogP contribution in [0.15, 0.2) is 35.3 Å². The van der Waals surface area contributed by atoms with Crippen LogP contribution >= 0.6 is 0 Å². The fourth-order valence-corrected chi connectivity index (χ4v) is 1.70. The van der Waals surface area contributed by atoms with Gasteiger partial charge in [0.25, 0.3) is 0 Å². The van der Waals surface area contributed by atoms with Crippen molar-refractivity contribution in [3.63, 3.8) is 0 Å². The first kappa shape index (κ1) is 12.1. The topological polar surface area (TPSA) is 96.2 Å². The SMILES string of the molecule is NCC=Cc1ccc2[nH]cc(C(=O)O)c(=O)c2c1. The molecule has 1 aromatic heterocycles. The van der Waals surface area contributed by atoms with Gasteiger partial charge in [0, 0.05) is 23.6 Å². The first-order chi connectivity index (χ1) is 8.63. The summed E-state index contributed by atoms with van der Waals surface area (Å²) in [7, 11) is 0.